The molecule has 0 spiro atoms. The first-order valence-corrected chi connectivity index (χ1v) is 8.23. The minimum absolute atomic E-state index is 0.0674. The normalized spacial score (nSPS) is 10.6. The Morgan fingerprint density at radius 2 is 1.96 bits per heavy atom. The van der Waals surface area contributed by atoms with Crippen LogP contribution in [-0.2, 0) is 16.1 Å². The van der Waals surface area contributed by atoms with Gasteiger partial charge in [0.1, 0.15) is 6.54 Å². The lowest BCUT2D eigenvalue weighted by atomic mass is 10.0. The summed E-state index contributed by atoms with van der Waals surface area (Å²) in [5.74, 6) is -0.177. The Hall–Kier alpha value is -2.40. The molecule has 0 radical (unpaired) electrons. The first kappa shape index (κ1) is 17.9. The Kier molecular flexibility index (Phi) is 6.75. The fourth-order valence-electron chi connectivity index (χ4n) is 2.48. The quantitative estimate of drug-likeness (QED) is 0.568. The standard InChI is InChI=1S/C19H24N2O3/c1-3-24-13-7-11-20-18(22)14-21-12-6-10-17(21)19(23)16-9-5-4-8-15(16)2/h4-6,8-10,12H,3,7,11,13-14H2,1-2H3,(H,20,22). The minimum Gasteiger partial charge on any atom is -0.382 e. The van der Waals surface area contributed by atoms with Gasteiger partial charge in [-0.05, 0) is 38.0 Å². The molecule has 1 N–H and O–H groups in total. The summed E-state index contributed by atoms with van der Waals surface area (Å²) in [6.45, 7) is 5.87. The van der Waals surface area contributed by atoms with Gasteiger partial charge in [0.05, 0.1) is 5.69 Å². The molecular formula is C19H24N2O3. The van der Waals surface area contributed by atoms with Gasteiger partial charge in [0, 0.05) is 31.5 Å². The number of nitrogens with zero attached hydrogens (tertiary/aromatic N) is 1. The van der Waals surface area contributed by atoms with Crippen molar-refractivity contribution in [3.63, 3.8) is 0 Å². The van der Waals surface area contributed by atoms with Crippen LogP contribution in [0.5, 0.6) is 0 Å². The highest BCUT2D eigenvalue weighted by atomic mass is 16.5. The van der Waals surface area contributed by atoms with Crippen molar-refractivity contribution in [2.45, 2.75) is 26.8 Å². The molecule has 1 aromatic heterocycles. The molecule has 1 heterocycles. The molecule has 2 rings (SSSR count). The number of hydrogen-bond donors (Lipinski definition) is 1. The van der Waals surface area contributed by atoms with Gasteiger partial charge >= 0.3 is 0 Å². The van der Waals surface area contributed by atoms with Crippen molar-refractivity contribution in [2.75, 3.05) is 19.8 Å². The van der Waals surface area contributed by atoms with E-state index < -0.39 is 0 Å². The highest BCUT2D eigenvalue weighted by Crippen LogP contribution is 2.14. The molecule has 0 bridgehead atoms. The maximum absolute atomic E-state index is 12.7. The third-order valence-electron chi connectivity index (χ3n) is 3.76. The summed E-state index contributed by atoms with van der Waals surface area (Å²) in [5, 5.41) is 2.85. The summed E-state index contributed by atoms with van der Waals surface area (Å²) in [6, 6.07) is 11.0. The third kappa shape index (κ3) is 4.80. The van der Waals surface area contributed by atoms with Gasteiger partial charge in [-0.1, -0.05) is 24.3 Å². The maximum Gasteiger partial charge on any atom is 0.239 e. The molecule has 0 aliphatic carbocycles. The molecule has 0 atom stereocenters. The van der Waals surface area contributed by atoms with E-state index >= 15 is 0 Å². The first-order chi connectivity index (χ1) is 11.6. The van der Waals surface area contributed by atoms with E-state index in [2.05, 4.69) is 5.32 Å². The van der Waals surface area contributed by atoms with Gasteiger partial charge in [-0.2, -0.15) is 0 Å². The molecule has 0 aliphatic rings. The van der Waals surface area contributed by atoms with Crippen LogP contribution < -0.4 is 5.32 Å². The Labute approximate surface area is 142 Å². The number of aryl methyl sites for hydroxylation is 1. The van der Waals surface area contributed by atoms with Crippen molar-refractivity contribution in [2.24, 2.45) is 0 Å². The van der Waals surface area contributed by atoms with E-state index in [-0.39, 0.29) is 18.2 Å². The number of benzene rings is 1. The molecule has 5 heteroatoms. The van der Waals surface area contributed by atoms with Crippen LogP contribution >= 0.6 is 0 Å². The number of amides is 1. The molecular weight excluding hydrogens is 304 g/mol. The van der Waals surface area contributed by atoms with Crippen molar-refractivity contribution in [3.05, 3.63) is 59.4 Å². The lowest BCUT2D eigenvalue weighted by Crippen LogP contribution is -2.29. The van der Waals surface area contributed by atoms with Crippen molar-refractivity contribution in [1.82, 2.24) is 9.88 Å². The molecule has 0 aliphatic heterocycles. The van der Waals surface area contributed by atoms with Crippen LogP contribution in [0.3, 0.4) is 0 Å². The molecule has 1 amide bonds. The third-order valence-corrected chi connectivity index (χ3v) is 3.76. The van der Waals surface area contributed by atoms with E-state index in [1.54, 1.807) is 22.9 Å². The zero-order chi connectivity index (χ0) is 17.4. The predicted octanol–water partition coefficient (Wildman–Crippen LogP) is 2.57. The van der Waals surface area contributed by atoms with Crippen LogP contribution in [-0.4, -0.2) is 36.0 Å². The van der Waals surface area contributed by atoms with Crippen molar-refractivity contribution >= 4 is 11.7 Å². The Bertz CT molecular complexity index is 691. The van der Waals surface area contributed by atoms with Gasteiger partial charge in [0.2, 0.25) is 11.7 Å². The molecule has 128 valence electrons. The highest BCUT2D eigenvalue weighted by Gasteiger charge is 2.16. The lowest BCUT2D eigenvalue weighted by Gasteiger charge is -2.10. The van der Waals surface area contributed by atoms with Gasteiger partial charge in [0.15, 0.2) is 0 Å². The van der Waals surface area contributed by atoms with Gasteiger partial charge < -0.3 is 14.6 Å². The van der Waals surface area contributed by atoms with Crippen molar-refractivity contribution in [3.8, 4) is 0 Å². The number of hydrogen-bond acceptors (Lipinski definition) is 3. The van der Waals surface area contributed by atoms with Crippen molar-refractivity contribution in [1.29, 1.82) is 0 Å². The number of rotatable bonds is 9. The second-order valence-electron chi connectivity index (χ2n) is 5.57. The van der Waals surface area contributed by atoms with Gasteiger partial charge in [-0.3, -0.25) is 9.59 Å². The van der Waals surface area contributed by atoms with Crippen LogP contribution in [0, 0.1) is 6.92 Å². The molecule has 0 unspecified atom stereocenters. The van der Waals surface area contributed by atoms with Crippen LogP contribution in [0.25, 0.3) is 0 Å². The van der Waals surface area contributed by atoms with Crippen LogP contribution in [0.15, 0.2) is 42.6 Å². The highest BCUT2D eigenvalue weighted by molar-refractivity contribution is 6.09. The van der Waals surface area contributed by atoms with E-state index in [1.807, 2.05) is 38.1 Å². The number of carbonyl (C=O) groups is 2. The number of ketones is 1. The Balaban J connectivity index is 1.96. The van der Waals surface area contributed by atoms with Gasteiger partial charge in [0.25, 0.3) is 0 Å². The van der Waals surface area contributed by atoms with Crippen LogP contribution in [0.4, 0.5) is 0 Å². The lowest BCUT2D eigenvalue weighted by molar-refractivity contribution is -0.121. The largest absolute Gasteiger partial charge is 0.382 e. The second-order valence-corrected chi connectivity index (χ2v) is 5.57. The predicted molar refractivity (Wildman–Crippen MR) is 93.2 cm³/mol. The second kappa shape index (κ2) is 9.03. The number of carbonyl (C=O) groups excluding carboxylic acids is 2. The maximum atomic E-state index is 12.7. The number of aromatic nitrogens is 1. The zero-order valence-corrected chi connectivity index (χ0v) is 14.2. The molecule has 5 nitrogen and oxygen atoms in total. The fraction of sp³-hybridized carbons (Fsp3) is 0.368. The van der Waals surface area contributed by atoms with Gasteiger partial charge in [-0.25, -0.2) is 0 Å². The zero-order valence-electron chi connectivity index (χ0n) is 14.2. The molecule has 1 aromatic carbocycles. The monoisotopic (exact) mass is 328 g/mol. The average molecular weight is 328 g/mol. The molecule has 0 saturated heterocycles. The number of ether oxygens (including phenoxy) is 1. The van der Waals surface area contributed by atoms with Crippen LogP contribution in [0.1, 0.15) is 35.0 Å². The van der Waals surface area contributed by atoms with Gasteiger partial charge in [-0.15, -0.1) is 0 Å². The summed E-state index contributed by atoms with van der Waals surface area (Å²) in [4.78, 5) is 24.7. The molecule has 24 heavy (non-hydrogen) atoms. The minimum atomic E-state index is -0.110. The first-order valence-electron chi connectivity index (χ1n) is 8.23. The topological polar surface area (TPSA) is 60.3 Å². The smallest absolute Gasteiger partial charge is 0.239 e. The SMILES string of the molecule is CCOCCCNC(=O)Cn1cccc1C(=O)c1ccccc1C. The van der Waals surface area contributed by atoms with E-state index in [4.69, 9.17) is 4.74 Å². The fourth-order valence-corrected chi connectivity index (χ4v) is 2.48. The Morgan fingerprint density at radius 3 is 2.71 bits per heavy atom. The summed E-state index contributed by atoms with van der Waals surface area (Å²) >= 11 is 0. The van der Waals surface area contributed by atoms with Crippen LogP contribution in [0.2, 0.25) is 0 Å². The molecule has 0 saturated carbocycles. The summed E-state index contributed by atoms with van der Waals surface area (Å²) in [6.07, 6.45) is 2.53. The van der Waals surface area contributed by atoms with E-state index in [1.165, 1.54) is 0 Å². The summed E-state index contributed by atoms with van der Waals surface area (Å²) < 4.78 is 6.92. The van der Waals surface area contributed by atoms with Crippen molar-refractivity contribution < 1.29 is 14.3 Å². The van der Waals surface area contributed by atoms with E-state index in [9.17, 15) is 9.59 Å². The summed E-state index contributed by atoms with van der Waals surface area (Å²) in [5.41, 5.74) is 2.11. The summed E-state index contributed by atoms with van der Waals surface area (Å²) in [7, 11) is 0. The van der Waals surface area contributed by atoms with E-state index in [0.717, 1.165) is 12.0 Å². The number of nitrogens with one attached hydrogen (secondary N) is 1. The van der Waals surface area contributed by atoms with E-state index in [0.29, 0.717) is 31.0 Å². The average Bonchev–Trinajstić information content (AvgIpc) is 3.02. The Morgan fingerprint density at radius 1 is 1.17 bits per heavy atom. The molecule has 0 fully saturated rings. The molecule has 2 aromatic rings.